The molecule has 0 aliphatic heterocycles. The number of carbonyl (C=O) groups is 2. The molecule has 0 fully saturated rings. The maximum atomic E-state index is 12.7. The van der Waals surface area contributed by atoms with Crippen LogP contribution in [0.5, 0.6) is 0 Å². The third-order valence-electron chi connectivity index (χ3n) is 4.46. The Morgan fingerprint density at radius 1 is 1.15 bits per heavy atom. The van der Waals surface area contributed by atoms with Crippen molar-refractivity contribution < 1.29 is 9.59 Å². The van der Waals surface area contributed by atoms with Gasteiger partial charge >= 0.3 is 0 Å². The molecule has 0 unspecified atom stereocenters. The topological polar surface area (TPSA) is 80.1 Å². The van der Waals surface area contributed by atoms with Crippen LogP contribution in [0.3, 0.4) is 0 Å². The molecule has 0 aliphatic carbocycles. The van der Waals surface area contributed by atoms with Crippen LogP contribution in [-0.2, 0) is 17.8 Å². The zero-order chi connectivity index (χ0) is 19.4. The summed E-state index contributed by atoms with van der Waals surface area (Å²) >= 11 is 0. The SMILES string of the molecule is CCc1ccccc1NC(=O)CN(C)C(=O)c1ccc2c(c1)nnn2CC. The van der Waals surface area contributed by atoms with E-state index in [4.69, 9.17) is 0 Å². The minimum absolute atomic E-state index is 0.0312. The first-order valence-electron chi connectivity index (χ1n) is 9.00. The van der Waals surface area contributed by atoms with E-state index < -0.39 is 0 Å². The summed E-state index contributed by atoms with van der Waals surface area (Å²) in [6.45, 7) is 4.70. The van der Waals surface area contributed by atoms with E-state index in [0.29, 0.717) is 17.6 Å². The molecule has 0 radical (unpaired) electrons. The Morgan fingerprint density at radius 3 is 2.67 bits per heavy atom. The van der Waals surface area contributed by atoms with Crippen molar-refractivity contribution in [3.63, 3.8) is 0 Å². The van der Waals surface area contributed by atoms with Crippen LogP contribution in [0.25, 0.3) is 11.0 Å². The standard InChI is InChI=1S/C20H23N5O2/c1-4-14-8-6-7-9-16(14)21-19(26)13-24(3)20(27)15-10-11-18-17(12-15)22-23-25(18)5-2/h6-12H,4-5,13H2,1-3H3,(H,21,26). The summed E-state index contributed by atoms with van der Waals surface area (Å²) in [5, 5.41) is 11.0. The molecule has 7 heteroatoms. The highest BCUT2D eigenvalue weighted by molar-refractivity contribution is 6.01. The predicted molar refractivity (Wildman–Crippen MR) is 105 cm³/mol. The Labute approximate surface area is 158 Å². The van der Waals surface area contributed by atoms with Crippen LogP contribution >= 0.6 is 0 Å². The molecule has 0 atom stereocenters. The molecule has 2 amide bonds. The third-order valence-corrected chi connectivity index (χ3v) is 4.46. The molecule has 27 heavy (non-hydrogen) atoms. The lowest BCUT2D eigenvalue weighted by molar-refractivity contribution is -0.116. The number of rotatable bonds is 6. The zero-order valence-electron chi connectivity index (χ0n) is 15.8. The minimum atomic E-state index is -0.234. The number of likely N-dealkylation sites (N-methyl/N-ethyl adjacent to an activating group) is 1. The number of nitrogens with zero attached hydrogens (tertiary/aromatic N) is 4. The average Bonchev–Trinajstić information content (AvgIpc) is 3.09. The lowest BCUT2D eigenvalue weighted by Crippen LogP contribution is -2.35. The molecule has 3 rings (SSSR count). The Hall–Kier alpha value is -3.22. The largest absolute Gasteiger partial charge is 0.332 e. The molecular weight excluding hydrogens is 342 g/mol. The molecule has 140 valence electrons. The number of amides is 2. The lowest BCUT2D eigenvalue weighted by Gasteiger charge is -2.17. The Morgan fingerprint density at radius 2 is 1.93 bits per heavy atom. The van der Waals surface area contributed by atoms with Crippen molar-refractivity contribution in [3.05, 3.63) is 53.6 Å². The predicted octanol–water partition coefficient (Wildman–Crippen LogP) is 2.72. The van der Waals surface area contributed by atoms with Crippen LogP contribution in [0, 0.1) is 0 Å². The van der Waals surface area contributed by atoms with Crippen LogP contribution in [-0.4, -0.2) is 45.3 Å². The van der Waals surface area contributed by atoms with E-state index >= 15 is 0 Å². The van der Waals surface area contributed by atoms with E-state index in [9.17, 15) is 9.59 Å². The highest BCUT2D eigenvalue weighted by Gasteiger charge is 2.17. The van der Waals surface area contributed by atoms with Crippen molar-refractivity contribution in [2.24, 2.45) is 0 Å². The normalized spacial score (nSPS) is 10.8. The van der Waals surface area contributed by atoms with Gasteiger partial charge in [0.1, 0.15) is 5.52 Å². The molecule has 0 bridgehead atoms. The smallest absolute Gasteiger partial charge is 0.254 e. The van der Waals surface area contributed by atoms with E-state index in [-0.39, 0.29) is 18.4 Å². The summed E-state index contributed by atoms with van der Waals surface area (Å²) < 4.78 is 1.77. The van der Waals surface area contributed by atoms with Crippen LogP contribution < -0.4 is 5.32 Å². The summed E-state index contributed by atoms with van der Waals surface area (Å²) in [6.07, 6.45) is 0.823. The fourth-order valence-electron chi connectivity index (χ4n) is 2.99. The van der Waals surface area contributed by atoms with Crippen molar-refractivity contribution in [1.29, 1.82) is 0 Å². The monoisotopic (exact) mass is 365 g/mol. The van der Waals surface area contributed by atoms with E-state index in [0.717, 1.165) is 23.2 Å². The molecule has 7 nitrogen and oxygen atoms in total. The molecule has 0 aliphatic rings. The fraction of sp³-hybridized carbons (Fsp3) is 0.300. The van der Waals surface area contributed by atoms with E-state index in [2.05, 4.69) is 15.6 Å². The summed E-state index contributed by atoms with van der Waals surface area (Å²) in [5.74, 6) is -0.466. The summed E-state index contributed by atoms with van der Waals surface area (Å²) in [7, 11) is 1.61. The molecule has 0 saturated carbocycles. The van der Waals surface area contributed by atoms with Gasteiger partial charge in [0.15, 0.2) is 0 Å². The number of benzene rings is 2. The lowest BCUT2D eigenvalue weighted by atomic mass is 10.1. The molecule has 1 heterocycles. The van der Waals surface area contributed by atoms with Gasteiger partial charge in [-0.2, -0.15) is 0 Å². The molecule has 0 spiro atoms. The molecule has 1 aromatic heterocycles. The third kappa shape index (κ3) is 3.97. The first-order valence-corrected chi connectivity index (χ1v) is 9.00. The maximum Gasteiger partial charge on any atom is 0.254 e. The van der Waals surface area contributed by atoms with Crippen molar-refractivity contribution in [3.8, 4) is 0 Å². The van der Waals surface area contributed by atoms with Crippen molar-refractivity contribution in [2.45, 2.75) is 26.8 Å². The van der Waals surface area contributed by atoms with Crippen molar-refractivity contribution >= 4 is 28.5 Å². The van der Waals surface area contributed by atoms with E-state index in [1.165, 1.54) is 4.90 Å². The number of aromatic nitrogens is 3. The van der Waals surface area contributed by atoms with Gasteiger partial charge in [-0.1, -0.05) is 30.3 Å². The summed E-state index contributed by atoms with van der Waals surface area (Å²) in [5.41, 5.74) is 3.87. The van der Waals surface area contributed by atoms with Gasteiger partial charge in [-0.05, 0) is 43.2 Å². The second kappa shape index (κ2) is 7.99. The number of aryl methyl sites for hydroxylation is 2. The highest BCUT2D eigenvalue weighted by Crippen LogP contribution is 2.16. The number of hydrogen-bond acceptors (Lipinski definition) is 4. The van der Waals surface area contributed by atoms with Gasteiger partial charge < -0.3 is 10.2 Å². The number of anilines is 1. The summed E-state index contributed by atoms with van der Waals surface area (Å²) in [4.78, 5) is 26.4. The number of fused-ring (bicyclic) bond motifs is 1. The van der Waals surface area contributed by atoms with E-state index in [1.54, 1.807) is 23.9 Å². The van der Waals surface area contributed by atoms with Gasteiger partial charge in [0.2, 0.25) is 5.91 Å². The molecule has 1 N–H and O–H groups in total. The number of para-hydroxylation sites is 1. The minimum Gasteiger partial charge on any atom is -0.332 e. The first-order chi connectivity index (χ1) is 13.0. The van der Waals surface area contributed by atoms with Gasteiger partial charge in [0, 0.05) is 24.8 Å². The van der Waals surface area contributed by atoms with Crippen LogP contribution in [0.4, 0.5) is 5.69 Å². The number of nitrogens with one attached hydrogen (secondary N) is 1. The Bertz CT molecular complexity index is 979. The number of carbonyl (C=O) groups excluding carboxylic acids is 2. The van der Waals surface area contributed by atoms with Crippen molar-refractivity contribution in [1.82, 2.24) is 19.9 Å². The molecule has 3 aromatic rings. The highest BCUT2D eigenvalue weighted by atomic mass is 16.2. The van der Waals surface area contributed by atoms with Gasteiger partial charge in [0.25, 0.3) is 5.91 Å². The zero-order valence-corrected chi connectivity index (χ0v) is 15.8. The second-order valence-corrected chi connectivity index (χ2v) is 6.33. The Kier molecular flexibility index (Phi) is 5.49. The van der Waals surface area contributed by atoms with Crippen LogP contribution in [0.2, 0.25) is 0 Å². The number of hydrogen-bond donors (Lipinski definition) is 1. The van der Waals surface area contributed by atoms with Gasteiger partial charge in [-0.15, -0.1) is 5.10 Å². The van der Waals surface area contributed by atoms with Crippen molar-refractivity contribution in [2.75, 3.05) is 18.9 Å². The van der Waals surface area contributed by atoms with Crippen LogP contribution in [0.15, 0.2) is 42.5 Å². The Balaban J connectivity index is 1.69. The second-order valence-electron chi connectivity index (χ2n) is 6.33. The molecule has 2 aromatic carbocycles. The average molecular weight is 365 g/mol. The quantitative estimate of drug-likeness (QED) is 0.728. The van der Waals surface area contributed by atoms with Crippen LogP contribution in [0.1, 0.15) is 29.8 Å². The van der Waals surface area contributed by atoms with Gasteiger partial charge in [0.05, 0.1) is 12.1 Å². The molecular formula is C20H23N5O2. The van der Waals surface area contributed by atoms with Gasteiger partial charge in [-0.25, -0.2) is 4.68 Å². The first kappa shape index (κ1) is 18.6. The fourth-order valence-corrected chi connectivity index (χ4v) is 2.99. The molecule has 0 saturated heterocycles. The van der Waals surface area contributed by atoms with Gasteiger partial charge in [-0.3, -0.25) is 9.59 Å². The maximum absolute atomic E-state index is 12.7. The summed E-state index contributed by atoms with van der Waals surface area (Å²) in [6, 6.07) is 12.9. The van der Waals surface area contributed by atoms with E-state index in [1.807, 2.05) is 44.2 Å².